The molecule has 0 aliphatic carbocycles. The van der Waals surface area contributed by atoms with Crippen LogP contribution in [0, 0.1) is 13.8 Å². The first kappa shape index (κ1) is 18.5. The molecule has 0 atom stereocenters. The Hall–Kier alpha value is -3.86. The second-order valence-corrected chi connectivity index (χ2v) is 7.06. The molecule has 4 aromatic rings. The number of nitrogens with two attached hydrogens (primary N) is 1. The van der Waals surface area contributed by atoms with Crippen molar-refractivity contribution in [1.29, 1.82) is 0 Å². The minimum atomic E-state index is -0.344. The Balaban J connectivity index is 1.83. The Kier molecular flexibility index (Phi) is 4.64. The average Bonchev–Trinajstić information content (AvgIpc) is 3.01. The van der Waals surface area contributed by atoms with E-state index in [1.807, 2.05) is 56.3 Å². The molecule has 0 aliphatic heterocycles. The van der Waals surface area contributed by atoms with Crippen LogP contribution in [0.15, 0.2) is 72.9 Å². The van der Waals surface area contributed by atoms with Gasteiger partial charge in [0.05, 0.1) is 16.8 Å². The smallest absolute Gasteiger partial charge is 0.259 e. The molecule has 5 heteroatoms. The number of hydrogen-bond donors (Lipinski definition) is 2. The zero-order chi connectivity index (χ0) is 20.5. The van der Waals surface area contributed by atoms with Crippen molar-refractivity contribution in [2.75, 3.05) is 11.1 Å². The molecule has 0 spiro atoms. The van der Waals surface area contributed by atoms with Gasteiger partial charge in [0, 0.05) is 17.4 Å². The van der Waals surface area contributed by atoms with Gasteiger partial charge in [-0.3, -0.25) is 9.59 Å². The summed E-state index contributed by atoms with van der Waals surface area (Å²) in [7, 11) is 0. The van der Waals surface area contributed by atoms with Crippen LogP contribution >= 0.6 is 0 Å². The van der Waals surface area contributed by atoms with E-state index in [0.717, 1.165) is 11.1 Å². The number of amides is 1. The number of anilines is 2. The molecule has 0 fully saturated rings. The van der Waals surface area contributed by atoms with E-state index >= 15 is 0 Å². The summed E-state index contributed by atoms with van der Waals surface area (Å²) < 4.78 is 1.68. The van der Waals surface area contributed by atoms with Gasteiger partial charge in [0.15, 0.2) is 0 Å². The second kappa shape index (κ2) is 7.28. The molecule has 1 amide bonds. The molecule has 0 aliphatic rings. The van der Waals surface area contributed by atoms with E-state index in [9.17, 15) is 9.59 Å². The number of nitrogen functional groups attached to an aromatic ring is 1. The Morgan fingerprint density at radius 1 is 0.897 bits per heavy atom. The van der Waals surface area contributed by atoms with Crippen molar-refractivity contribution < 1.29 is 9.59 Å². The first-order chi connectivity index (χ1) is 14.0. The number of hydrogen-bond acceptors (Lipinski definition) is 3. The highest BCUT2D eigenvalue weighted by atomic mass is 16.2. The van der Waals surface area contributed by atoms with Crippen LogP contribution in [-0.4, -0.2) is 16.1 Å². The van der Waals surface area contributed by atoms with Gasteiger partial charge in [0.25, 0.3) is 5.91 Å². The number of ketones is 1. The number of para-hydroxylation sites is 1. The molecule has 0 saturated heterocycles. The highest BCUT2D eigenvalue weighted by molar-refractivity contribution is 6.20. The maximum absolute atomic E-state index is 13.2. The molecule has 2 aromatic carbocycles. The number of benzene rings is 2. The minimum Gasteiger partial charge on any atom is -0.396 e. The molecule has 5 nitrogen and oxygen atoms in total. The maximum Gasteiger partial charge on any atom is 0.259 e. The molecule has 0 saturated carbocycles. The number of aryl methyl sites for hydroxylation is 2. The monoisotopic (exact) mass is 383 g/mol. The van der Waals surface area contributed by atoms with Gasteiger partial charge >= 0.3 is 0 Å². The van der Waals surface area contributed by atoms with Crippen LogP contribution in [-0.2, 0) is 0 Å². The van der Waals surface area contributed by atoms with Gasteiger partial charge in [0.2, 0.25) is 5.78 Å². The standard InChI is InChI=1S/C24H21N3O2/c1-15-10-12-17(13-11-15)23(28)22-21(25)20(19-9-5-6-14-27(19)22)24(29)26-18-8-4-3-7-16(18)2/h3-14H,25H2,1-2H3,(H,26,29). The molecule has 3 N–H and O–H groups in total. The Bertz CT molecular complexity index is 1240. The lowest BCUT2D eigenvalue weighted by Crippen LogP contribution is -2.14. The molecule has 0 bridgehead atoms. The van der Waals surface area contributed by atoms with Crippen molar-refractivity contribution in [2.45, 2.75) is 13.8 Å². The fourth-order valence-corrected chi connectivity index (χ4v) is 3.44. The Labute approximate surface area is 168 Å². The van der Waals surface area contributed by atoms with E-state index in [-0.39, 0.29) is 17.4 Å². The van der Waals surface area contributed by atoms with E-state index < -0.39 is 0 Å². The molecule has 144 valence electrons. The lowest BCUT2D eigenvalue weighted by Gasteiger charge is -2.08. The minimum absolute atomic E-state index is 0.174. The zero-order valence-electron chi connectivity index (χ0n) is 16.3. The molecular formula is C24H21N3O2. The van der Waals surface area contributed by atoms with Crippen molar-refractivity contribution in [1.82, 2.24) is 4.40 Å². The number of carbonyl (C=O) groups excluding carboxylic acids is 2. The van der Waals surface area contributed by atoms with Gasteiger partial charge in [-0.15, -0.1) is 0 Å². The summed E-state index contributed by atoms with van der Waals surface area (Å²) >= 11 is 0. The van der Waals surface area contributed by atoms with Gasteiger partial charge in [0.1, 0.15) is 5.69 Å². The summed E-state index contributed by atoms with van der Waals surface area (Å²) in [4.78, 5) is 26.3. The predicted octanol–water partition coefficient (Wildman–Crippen LogP) is 4.62. The SMILES string of the molecule is Cc1ccc(C(=O)c2c(N)c(C(=O)Nc3ccccc3C)c3ccccn23)cc1. The molecule has 4 rings (SSSR count). The fraction of sp³-hybridized carbons (Fsp3) is 0.0833. The van der Waals surface area contributed by atoms with Crippen LogP contribution in [0.3, 0.4) is 0 Å². The maximum atomic E-state index is 13.2. The van der Waals surface area contributed by atoms with Crippen molar-refractivity contribution in [2.24, 2.45) is 0 Å². The highest BCUT2D eigenvalue weighted by Gasteiger charge is 2.26. The number of fused-ring (bicyclic) bond motifs is 1. The normalized spacial score (nSPS) is 10.8. The quantitative estimate of drug-likeness (QED) is 0.505. The van der Waals surface area contributed by atoms with Crippen LogP contribution in [0.4, 0.5) is 11.4 Å². The van der Waals surface area contributed by atoms with E-state index in [2.05, 4.69) is 5.32 Å². The largest absolute Gasteiger partial charge is 0.396 e. The first-order valence-corrected chi connectivity index (χ1v) is 9.34. The third-order valence-corrected chi connectivity index (χ3v) is 5.03. The average molecular weight is 383 g/mol. The lowest BCUT2D eigenvalue weighted by molar-refractivity contribution is 0.102. The summed E-state index contributed by atoms with van der Waals surface area (Å²) in [6, 6.07) is 20.2. The van der Waals surface area contributed by atoms with Gasteiger partial charge in [-0.25, -0.2) is 0 Å². The molecular weight excluding hydrogens is 362 g/mol. The summed E-state index contributed by atoms with van der Waals surface area (Å²) in [6.45, 7) is 3.88. The summed E-state index contributed by atoms with van der Waals surface area (Å²) in [6.07, 6.45) is 1.75. The number of nitrogens with one attached hydrogen (secondary N) is 1. The Morgan fingerprint density at radius 3 is 2.31 bits per heavy atom. The lowest BCUT2D eigenvalue weighted by atomic mass is 10.0. The van der Waals surface area contributed by atoms with Gasteiger partial charge in [-0.1, -0.05) is 54.1 Å². The van der Waals surface area contributed by atoms with Gasteiger partial charge < -0.3 is 15.5 Å². The number of pyridine rings is 1. The number of aromatic nitrogens is 1. The second-order valence-electron chi connectivity index (χ2n) is 7.06. The zero-order valence-corrected chi connectivity index (χ0v) is 16.3. The summed E-state index contributed by atoms with van der Waals surface area (Å²) in [5.74, 6) is -0.568. The Morgan fingerprint density at radius 2 is 1.59 bits per heavy atom. The van der Waals surface area contributed by atoms with Crippen LogP contribution in [0.25, 0.3) is 5.52 Å². The first-order valence-electron chi connectivity index (χ1n) is 9.34. The van der Waals surface area contributed by atoms with E-state index in [4.69, 9.17) is 5.73 Å². The van der Waals surface area contributed by atoms with E-state index in [1.54, 1.807) is 34.9 Å². The summed E-state index contributed by atoms with van der Waals surface area (Å²) in [5.41, 5.74) is 11.0. The van der Waals surface area contributed by atoms with E-state index in [0.29, 0.717) is 28.0 Å². The van der Waals surface area contributed by atoms with Crippen molar-refractivity contribution in [3.8, 4) is 0 Å². The topological polar surface area (TPSA) is 76.6 Å². The molecule has 2 heterocycles. The van der Waals surface area contributed by atoms with Crippen LogP contribution in [0.1, 0.15) is 37.5 Å². The van der Waals surface area contributed by atoms with Gasteiger partial charge in [-0.05, 0) is 37.6 Å². The van der Waals surface area contributed by atoms with Crippen LogP contribution in [0.2, 0.25) is 0 Å². The van der Waals surface area contributed by atoms with Crippen molar-refractivity contribution in [3.63, 3.8) is 0 Å². The third-order valence-electron chi connectivity index (χ3n) is 5.03. The van der Waals surface area contributed by atoms with Crippen molar-refractivity contribution >= 4 is 28.6 Å². The highest BCUT2D eigenvalue weighted by Crippen LogP contribution is 2.29. The number of nitrogens with zero attached hydrogens (tertiary/aromatic N) is 1. The fourth-order valence-electron chi connectivity index (χ4n) is 3.44. The molecule has 29 heavy (non-hydrogen) atoms. The number of carbonyl (C=O) groups is 2. The molecule has 0 radical (unpaired) electrons. The third kappa shape index (κ3) is 3.27. The van der Waals surface area contributed by atoms with Crippen molar-refractivity contribution in [3.05, 3.63) is 101 Å². The van der Waals surface area contributed by atoms with E-state index in [1.165, 1.54) is 0 Å². The molecule has 0 unspecified atom stereocenters. The number of rotatable bonds is 4. The van der Waals surface area contributed by atoms with Gasteiger partial charge in [-0.2, -0.15) is 0 Å². The van der Waals surface area contributed by atoms with Crippen LogP contribution in [0.5, 0.6) is 0 Å². The van der Waals surface area contributed by atoms with Crippen LogP contribution < -0.4 is 11.1 Å². The summed E-state index contributed by atoms with van der Waals surface area (Å²) in [5, 5.41) is 2.92. The molecule has 2 aromatic heterocycles. The predicted molar refractivity (Wildman–Crippen MR) is 116 cm³/mol.